The van der Waals surface area contributed by atoms with E-state index in [-0.39, 0.29) is 11.9 Å². The van der Waals surface area contributed by atoms with Gasteiger partial charge in [-0.2, -0.15) is 11.8 Å². The lowest BCUT2D eigenvalue weighted by Crippen LogP contribution is -2.33. The van der Waals surface area contributed by atoms with E-state index in [0.29, 0.717) is 5.11 Å². The molecule has 20 heavy (non-hydrogen) atoms. The summed E-state index contributed by atoms with van der Waals surface area (Å²) < 4.78 is 0. The first kappa shape index (κ1) is 14.6. The highest BCUT2D eigenvalue weighted by atomic mass is 32.2. The van der Waals surface area contributed by atoms with Gasteiger partial charge in [0.15, 0.2) is 5.11 Å². The third kappa shape index (κ3) is 2.84. The zero-order valence-electron chi connectivity index (χ0n) is 12.1. The quantitative estimate of drug-likeness (QED) is 0.764. The van der Waals surface area contributed by atoms with Gasteiger partial charge in [-0.3, -0.25) is 9.69 Å². The molecule has 0 unspecified atom stereocenters. The minimum absolute atomic E-state index is 0.0741. The third-order valence-corrected chi connectivity index (χ3v) is 6.31. The van der Waals surface area contributed by atoms with Crippen molar-refractivity contribution in [2.45, 2.75) is 44.6 Å². The summed E-state index contributed by atoms with van der Waals surface area (Å²) >= 11 is 7.12. The van der Waals surface area contributed by atoms with Crippen LogP contribution >= 0.6 is 24.0 Å². The third-order valence-electron chi connectivity index (χ3n) is 5.33. The highest BCUT2D eigenvalue weighted by molar-refractivity contribution is 7.98. The van der Waals surface area contributed by atoms with Crippen LogP contribution in [-0.4, -0.2) is 40.5 Å². The molecule has 1 aliphatic heterocycles. The van der Waals surface area contributed by atoms with E-state index in [1.807, 2.05) is 4.90 Å². The van der Waals surface area contributed by atoms with Crippen molar-refractivity contribution >= 4 is 35.0 Å². The number of rotatable bonds is 6. The molecule has 1 saturated heterocycles. The lowest BCUT2D eigenvalue weighted by atomic mass is 9.86. The molecule has 2 bridgehead atoms. The Morgan fingerprint density at radius 2 is 2.20 bits per heavy atom. The maximum atomic E-state index is 12.4. The molecule has 0 aromatic carbocycles. The zero-order valence-corrected chi connectivity index (χ0v) is 13.8. The van der Waals surface area contributed by atoms with Gasteiger partial charge in [0.2, 0.25) is 0 Å². The van der Waals surface area contributed by atoms with Crippen molar-refractivity contribution in [3.63, 3.8) is 0 Å². The summed E-state index contributed by atoms with van der Waals surface area (Å²) in [7, 11) is 0. The summed E-state index contributed by atoms with van der Waals surface area (Å²) in [5.74, 6) is 3.97. The van der Waals surface area contributed by atoms with Crippen molar-refractivity contribution in [1.82, 2.24) is 10.2 Å². The van der Waals surface area contributed by atoms with E-state index < -0.39 is 0 Å². The number of carbonyl (C=O) groups excluding carboxylic acids is 1. The Labute approximate surface area is 131 Å². The molecular formula is C15H24N2OS2. The minimum Gasteiger partial charge on any atom is -0.350 e. The molecule has 5 heteroatoms. The lowest BCUT2D eigenvalue weighted by molar-refractivity contribution is -0.127. The van der Waals surface area contributed by atoms with Gasteiger partial charge in [0.25, 0.3) is 5.91 Å². The van der Waals surface area contributed by atoms with Gasteiger partial charge in [0.1, 0.15) is 6.04 Å². The molecule has 1 heterocycles. The number of amides is 1. The van der Waals surface area contributed by atoms with Crippen LogP contribution in [-0.2, 0) is 4.79 Å². The lowest BCUT2D eigenvalue weighted by Gasteiger charge is -2.24. The van der Waals surface area contributed by atoms with E-state index in [2.05, 4.69) is 11.6 Å². The maximum absolute atomic E-state index is 12.4. The number of hydrogen-bond donors (Lipinski definition) is 1. The van der Waals surface area contributed by atoms with Crippen LogP contribution in [0.1, 0.15) is 38.5 Å². The highest BCUT2D eigenvalue weighted by Gasteiger charge is 2.40. The Bertz CT molecular complexity index is 401. The Morgan fingerprint density at radius 1 is 1.35 bits per heavy atom. The Morgan fingerprint density at radius 3 is 2.85 bits per heavy atom. The van der Waals surface area contributed by atoms with Gasteiger partial charge in [0, 0.05) is 6.54 Å². The first-order chi connectivity index (χ1) is 9.69. The molecule has 4 atom stereocenters. The number of nitrogens with one attached hydrogen (secondary N) is 1. The Kier molecular flexibility index (Phi) is 4.55. The van der Waals surface area contributed by atoms with E-state index in [1.54, 1.807) is 11.8 Å². The number of carbonyl (C=O) groups is 1. The molecule has 0 spiro atoms. The summed E-state index contributed by atoms with van der Waals surface area (Å²) in [4.78, 5) is 14.2. The second kappa shape index (κ2) is 6.22. The summed E-state index contributed by atoms with van der Waals surface area (Å²) in [6.45, 7) is 0.828. The second-order valence-corrected chi connectivity index (χ2v) is 7.87. The van der Waals surface area contributed by atoms with Crippen molar-refractivity contribution < 1.29 is 4.79 Å². The normalized spacial score (nSPS) is 36.0. The largest absolute Gasteiger partial charge is 0.350 e. The molecule has 0 radical (unpaired) electrons. The molecular weight excluding hydrogens is 288 g/mol. The van der Waals surface area contributed by atoms with Crippen LogP contribution in [0.2, 0.25) is 0 Å². The topological polar surface area (TPSA) is 32.3 Å². The number of fused-ring (bicyclic) bond motifs is 2. The van der Waals surface area contributed by atoms with Gasteiger partial charge in [-0.05, 0) is 74.1 Å². The number of thiocarbonyl (C=S) groups is 1. The van der Waals surface area contributed by atoms with E-state index in [9.17, 15) is 4.79 Å². The van der Waals surface area contributed by atoms with Crippen LogP contribution in [0.25, 0.3) is 0 Å². The van der Waals surface area contributed by atoms with Gasteiger partial charge in [-0.15, -0.1) is 0 Å². The molecule has 112 valence electrons. The molecule has 0 aromatic heterocycles. The molecule has 1 N–H and O–H groups in total. The van der Waals surface area contributed by atoms with Gasteiger partial charge in [-0.25, -0.2) is 0 Å². The number of thioether (sulfide) groups is 1. The molecule has 0 aromatic rings. The molecule has 3 aliphatic rings. The summed E-state index contributed by atoms with van der Waals surface area (Å²) in [5, 5.41) is 3.85. The molecule has 3 fully saturated rings. The molecule has 3 rings (SSSR count). The highest BCUT2D eigenvalue weighted by Crippen LogP contribution is 2.49. The maximum Gasteiger partial charge on any atom is 0.251 e. The summed E-state index contributed by atoms with van der Waals surface area (Å²) in [6, 6.07) is -0.0741. The van der Waals surface area contributed by atoms with Crippen molar-refractivity contribution in [1.29, 1.82) is 0 Å². The van der Waals surface area contributed by atoms with E-state index >= 15 is 0 Å². The van der Waals surface area contributed by atoms with Gasteiger partial charge in [-0.1, -0.05) is 6.42 Å². The van der Waals surface area contributed by atoms with E-state index in [4.69, 9.17) is 12.2 Å². The number of hydrogen-bond acceptors (Lipinski definition) is 3. The fourth-order valence-electron chi connectivity index (χ4n) is 4.24. The summed E-state index contributed by atoms with van der Waals surface area (Å²) in [5.41, 5.74) is 0. The van der Waals surface area contributed by atoms with Crippen LogP contribution in [0.4, 0.5) is 0 Å². The van der Waals surface area contributed by atoms with Crippen LogP contribution in [0.5, 0.6) is 0 Å². The predicted octanol–water partition coefficient (Wildman–Crippen LogP) is 2.65. The van der Waals surface area contributed by atoms with Crippen LogP contribution in [0.3, 0.4) is 0 Å². The van der Waals surface area contributed by atoms with Crippen LogP contribution < -0.4 is 5.32 Å². The molecule has 1 amide bonds. The monoisotopic (exact) mass is 312 g/mol. The van der Waals surface area contributed by atoms with Crippen molar-refractivity contribution in [3.05, 3.63) is 0 Å². The fraction of sp³-hybridized carbons (Fsp3) is 0.867. The Hall–Kier alpha value is -0.290. The first-order valence-corrected chi connectivity index (χ1v) is 9.60. The molecule has 2 aliphatic carbocycles. The minimum atomic E-state index is -0.0741. The van der Waals surface area contributed by atoms with Crippen molar-refractivity contribution in [3.8, 4) is 0 Å². The Balaban J connectivity index is 1.50. The van der Waals surface area contributed by atoms with Crippen LogP contribution in [0, 0.1) is 17.8 Å². The second-order valence-electron chi connectivity index (χ2n) is 6.50. The first-order valence-electron chi connectivity index (χ1n) is 7.80. The van der Waals surface area contributed by atoms with Gasteiger partial charge >= 0.3 is 0 Å². The predicted molar refractivity (Wildman–Crippen MR) is 87.8 cm³/mol. The molecule has 3 nitrogen and oxygen atoms in total. The van der Waals surface area contributed by atoms with Crippen molar-refractivity contribution in [2.75, 3.05) is 18.6 Å². The SMILES string of the molecule is CSCC[C@@H]1NC(=S)N(CC[C@H]2C[C@@H]3CC[C@@H]2C3)C1=O. The molecule has 2 saturated carbocycles. The van der Waals surface area contributed by atoms with Crippen LogP contribution in [0.15, 0.2) is 0 Å². The number of nitrogens with zero attached hydrogens (tertiary/aromatic N) is 1. The van der Waals surface area contributed by atoms with Gasteiger partial charge in [0.05, 0.1) is 0 Å². The smallest absolute Gasteiger partial charge is 0.251 e. The average Bonchev–Trinajstić information content (AvgIpc) is 3.11. The van der Waals surface area contributed by atoms with E-state index in [1.165, 1.54) is 25.7 Å². The fourth-order valence-corrected chi connectivity index (χ4v) is 5.04. The van der Waals surface area contributed by atoms with Crippen molar-refractivity contribution in [2.24, 2.45) is 17.8 Å². The standard InChI is InChI=1S/C15H24N2OS2/c1-20-7-5-13-14(18)17(15(19)16-13)6-4-12-9-10-2-3-11(12)8-10/h10-13H,2-9H2,1H3,(H,16,19)/t10-,11-,12+,13+/m1/s1. The summed E-state index contributed by atoms with van der Waals surface area (Å²) in [6.07, 6.45) is 9.79. The zero-order chi connectivity index (χ0) is 14.1. The van der Waals surface area contributed by atoms with E-state index in [0.717, 1.165) is 42.9 Å². The average molecular weight is 313 g/mol. The van der Waals surface area contributed by atoms with Gasteiger partial charge < -0.3 is 5.32 Å².